The summed E-state index contributed by atoms with van der Waals surface area (Å²) in [5, 5.41) is 6.91. The molecule has 1 N–H and O–H groups in total. The van der Waals surface area contributed by atoms with Crippen molar-refractivity contribution in [1.82, 2.24) is 25.0 Å². The van der Waals surface area contributed by atoms with Gasteiger partial charge in [-0.3, -0.25) is 14.3 Å². The number of carbonyl (C=O) groups is 2. The number of halogens is 2. The van der Waals surface area contributed by atoms with Gasteiger partial charge in [0, 0.05) is 26.1 Å². The summed E-state index contributed by atoms with van der Waals surface area (Å²) < 4.78 is 28.2. The molecule has 7 nitrogen and oxygen atoms in total. The van der Waals surface area contributed by atoms with Gasteiger partial charge in [0.1, 0.15) is 5.82 Å². The Morgan fingerprint density at radius 3 is 2.80 bits per heavy atom. The Morgan fingerprint density at radius 1 is 1.28 bits per heavy atom. The Hall–Kier alpha value is -2.84. The fraction of sp³-hybridized carbons (Fsp3) is 0.375. The van der Waals surface area contributed by atoms with Gasteiger partial charge in [0.05, 0.1) is 30.7 Å². The standard InChI is InChI=1S/C16H17F2N5O2/c1-10(24)22-3-2-4-23-13(9-22)6-12(21-23)8-20-16(25)15-14(18)5-11(17)7-19-15/h5-7H,2-4,8-9H2,1H3,(H,20,25). The monoisotopic (exact) mass is 349 g/mol. The summed E-state index contributed by atoms with van der Waals surface area (Å²) in [4.78, 5) is 28.7. The summed E-state index contributed by atoms with van der Waals surface area (Å²) >= 11 is 0. The molecule has 0 spiro atoms. The molecule has 1 aliphatic heterocycles. The molecule has 0 saturated heterocycles. The number of aromatic nitrogens is 3. The predicted octanol–water partition coefficient (Wildman–Crippen LogP) is 1.24. The van der Waals surface area contributed by atoms with Crippen LogP contribution in [0.1, 0.15) is 35.2 Å². The molecule has 0 atom stereocenters. The molecular formula is C16H17F2N5O2. The molecule has 2 aromatic rings. The van der Waals surface area contributed by atoms with E-state index < -0.39 is 23.2 Å². The van der Waals surface area contributed by atoms with Gasteiger partial charge in [-0.2, -0.15) is 5.10 Å². The Balaban J connectivity index is 1.67. The zero-order valence-corrected chi connectivity index (χ0v) is 13.6. The summed E-state index contributed by atoms with van der Waals surface area (Å²) in [5.74, 6) is -2.61. The first-order valence-electron chi connectivity index (χ1n) is 7.84. The highest BCUT2D eigenvalue weighted by atomic mass is 19.1. The van der Waals surface area contributed by atoms with E-state index in [1.165, 1.54) is 6.92 Å². The van der Waals surface area contributed by atoms with Gasteiger partial charge in [-0.25, -0.2) is 13.8 Å². The summed E-state index contributed by atoms with van der Waals surface area (Å²) in [6, 6.07) is 2.41. The third-order valence-corrected chi connectivity index (χ3v) is 3.96. The molecule has 3 heterocycles. The zero-order chi connectivity index (χ0) is 18.0. The second kappa shape index (κ2) is 6.96. The third kappa shape index (κ3) is 3.81. The van der Waals surface area contributed by atoms with Crippen molar-refractivity contribution in [2.24, 2.45) is 0 Å². The molecule has 0 fully saturated rings. The number of carbonyl (C=O) groups excluding carboxylic acids is 2. The Morgan fingerprint density at radius 2 is 2.08 bits per heavy atom. The third-order valence-electron chi connectivity index (χ3n) is 3.96. The molecule has 1 aliphatic rings. The first-order chi connectivity index (χ1) is 11.9. The number of fused-ring (bicyclic) bond motifs is 1. The average molecular weight is 349 g/mol. The molecule has 0 bridgehead atoms. The van der Waals surface area contributed by atoms with Crippen molar-refractivity contribution >= 4 is 11.8 Å². The second-order valence-electron chi connectivity index (χ2n) is 5.81. The van der Waals surface area contributed by atoms with Crippen LogP contribution in [0.4, 0.5) is 8.78 Å². The van der Waals surface area contributed by atoms with Crippen LogP contribution in [0.3, 0.4) is 0 Å². The Bertz CT molecular complexity index is 821. The minimum atomic E-state index is -1.02. The maximum atomic E-state index is 13.6. The van der Waals surface area contributed by atoms with Crippen LogP contribution in [-0.2, 0) is 24.4 Å². The summed E-state index contributed by atoms with van der Waals surface area (Å²) in [5.41, 5.74) is 1.00. The second-order valence-corrected chi connectivity index (χ2v) is 5.81. The molecular weight excluding hydrogens is 332 g/mol. The number of aryl methyl sites for hydroxylation is 1. The quantitative estimate of drug-likeness (QED) is 0.904. The molecule has 0 saturated carbocycles. The molecule has 132 valence electrons. The van der Waals surface area contributed by atoms with E-state index in [1.54, 1.807) is 15.6 Å². The van der Waals surface area contributed by atoms with Crippen molar-refractivity contribution < 1.29 is 18.4 Å². The predicted molar refractivity (Wildman–Crippen MR) is 83.3 cm³/mol. The van der Waals surface area contributed by atoms with E-state index in [2.05, 4.69) is 15.4 Å². The first kappa shape index (κ1) is 17.0. The average Bonchev–Trinajstić information content (AvgIpc) is 2.82. The van der Waals surface area contributed by atoms with E-state index in [0.717, 1.165) is 18.3 Å². The van der Waals surface area contributed by atoms with E-state index in [4.69, 9.17) is 0 Å². The van der Waals surface area contributed by atoms with Gasteiger partial charge in [0.2, 0.25) is 5.91 Å². The van der Waals surface area contributed by atoms with Crippen molar-refractivity contribution in [2.75, 3.05) is 6.54 Å². The summed E-state index contributed by atoms with van der Waals surface area (Å²) in [6.45, 7) is 3.43. The fourth-order valence-corrected chi connectivity index (χ4v) is 2.71. The molecule has 3 rings (SSSR count). The number of pyridine rings is 1. The molecule has 0 aliphatic carbocycles. The number of hydrogen-bond donors (Lipinski definition) is 1. The Labute approximate surface area is 142 Å². The van der Waals surface area contributed by atoms with Gasteiger partial charge in [-0.15, -0.1) is 0 Å². The highest BCUT2D eigenvalue weighted by molar-refractivity contribution is 5.92. The van der Waals surface area contributed by atoms with Gasteiger partial charge in [0.15, 0.2) is 11.5 Å². The molecule has 2 aromatic heterocycles. The SMILES string of the molecule is CC(=O)N1CCCn2nc(CNC(=O)c3ncc(F)cc3F)cc2C1. The van der Waals surface area contributed by atoms with Crippen molar-refractivity contribution in [3.63, 3.8) is 0 Å². The van der Waals surface area contributed by atoms with E-state index in [9.17, 15) is 18.4 Å². The summed E-state index contributed by atoms with van der Waals surface area (Å²) in [6.07, 6.45) is 1.58. The molecule has 0 aromatic carbocycles. The Kier molecular flexibility index (Phi) is 4.73. The first-order valence-corrected chi connectivity index (χ1v) is 7.84. The van der Waals surface area contributed by atoms with Gasteiger partial charge >= 0.3 is 0 Å². The van der Waals surface area contributed by atoms with Gasteiger partial charge < -0.3 is 10.2 Å². The van der Waals surface area contributed by atoms with Crippen LogP contribution in [-0.4, -0.2) is 38.0 Å². The molecule has 2 amide bonds. The van der Waals surface area contributed by atoms with Crippen molar-refractivity contribution in [3.8, 4) is 0 Å². The molecule has 0 unspecified atom stereocenters. The normalized spacial score (nSPS) is 14.0. The number of amides is 2. The molecule has 0 radical (unpaired) electrons. The lowest BCUT2D eigenvalue weighted by Crippen LogP contribution is -2.28. The van der Waals surface area contributed by atoms with Crippen molar-refractivity contribution in [1.29, 1.82) is 0 Å². The van der Waals surface area contributed by atoms with Crippen molar-refractivity contribution in [3.05, 3.63) is 47.0 Å². The lowest BCUT2D eigenvalue weighted by Gasteiger charge is -2.17. The van der Waals surface area contributed by atoms with Crippen LogP contribution in [0.15, 0.2) is 18.3 Å². The molecule has 25 heavy (non-hydrogen) atoms. The largest absolute Gasteiger partial charge is 0.345 e. The van der Waals surface area contributed by atoms with E-state index >= 15 is 0 Å². The highest BCUT2D eigenvalue weighted by Gasteiger charge is 2.19. The lowest BCUT2D eigenvalue weighted by atomic mass is 10.3. The number of nitrogens with one attached hydrogen (secondary N) is 1. The van der Waals surface area contributed by atoms with Gasteiger partial charge in [0.25, 0.3) is 5.91 Å². The van der Waals surface area contributed by atoms with E-state index in [-0.39, 0.29) is 12.5 Å². The minimum Gasteiger partial charge on any atom is -0.345 e. The van der Waals surface area contributed by atoms with Crippen LogP contribution < -0.4 is 5.32 Å². The lowest BCUT2D eigenvalue weighted by molar-refractivity contribution is -0.129. The smallest absolute Gasteiger partial charge is 0.273 e. The van der Waals surface area contributed by atoms with E-state index in [0.29, 0.717) is 31.4 Å². The van der Waals surface area contributed by atoms with Crippen LogP contribution in [0.25, 0.3) is 0 Å². The maximum Gasteiger partial charge on any atom is 0.273 e. The van der Waals surface area contributed by atoms with Gasteiger partial charge in [-0.1, -0.05) is 0 Å². The minimum absolute atomic E-state index is 0.00219. The zero-order valence-electron chi connectivity index (χ0n) is 13.6. The number of nitrogens with zero attached hydrogens (tertiary/aromatic N) is 4. The summed E-state index contributed by atoms with van der Waals surface area (Å²) in [7, 11) is 0. The van der Waals surface area contributed by atoms with Crippen molar-refractivity contribution in [2.45, 2.75) is 33.0 Å². The topological polar surface area (TPSA) is 80.1 Å². The fourth-order valence-electron chi connectivity index (χ4n) is 2.71. The maximum absolute atomic E-state index is 13.6. The van der Waals surface area contributed by atoms with Crippen LogP contribution in [0.5, 0.6) is 0 Å². The number of hydrogen-bond acceptors (Lipinski definition) is 4. The molecule has 9 heteroatoms. The van der Waals surface area contributed by atoms with E-state index in [1.807, 2.05) is 0 Å². The van der Waals surface area contributed by atoms with Crippen LogP contribution in [0.2, 0.25) is 0 Å². The highest BCUT2D eigenvalue weighted by Crippen LogP contribution is 2.14. The van der Waals surface area contributed by atoms with Gasteiger partial charge in [-0.05, 0) is 12.5 Å². The van der Waals surface area contributed by atoms with Crippen LogP contribution >= 0.6 is 0 Å². The number of rotatable bonds is 3. The van der Waals surface area contributed by atoms with Crippen LogP contribution in [0, 0.1) is 11.6 Å².